The van der Waals surface area contributed by atoms with E-state index in [1.807, 2.05) is 0 Å². The molecule has 0 aromatic rings. The fourth-order valence-corrected chi connectivity index (χ4v) is 2.03. The Bertz CT molecular complexity index is 276. The van der Waals surface area contributed by atoms with Crippen molar-refractivity contribution >= 4 is 11.8 Å². The minimum Gasteiger partial charge on any atom is -0.465 e. The molecule has 1 saturated heterocycles. The van der Waals surface area contributed by atoms with Gasteiger partial charge < -0.3 is 14.6 Å². The summed E-state index contributed by atoms with van der Waals surface area (Å²) in [5.41, 5.74) is -1.14. The first-order valence-corrected chi connectivity index (χ1v) is 6.06. The number of esters is 1. The van der Waals surface area contributed by atoms with Crippen molar-refractivity contribution in [1.82, 2.24) is 0 Å². The van der Waals surface area contributed by atoms with Crippen LogP contribution < -0.4 is 0 Å². The average molecular weight is 244 g/mol. The second-order valence-corrected chi connectivity index (χ2v) is 4.21. The molecule has 5 nitrogen and oxygen atoms in total. The number of carbonyl (C=O) groups is 2. The summed E-state index contributed by atoms with van der Waals surface area (Å²) in [4.78, 5) is 23.9. The molecule has 1 aliphatic rings. The van der Waals surface area contributed by atoms with Gasteiger partial charge in [-0.1, -0.05) is 0 Å². The van der Waals surface area contributed by atoms with Crippen molar-refractivity contribution in [1.29, 1.82) is 0 Å². The van der Waals surface area contributed by atoms with Gasteiger partial charge in [-0.15, -0.1) is 0 Å². The number of carbonyl (C=O) groups excluding carboxylic acids is 2. The molecule has 1 atom stereocenters. The van der Waals surface area contributed by atoms with Crippen LogP contribution in [0.3, 0.4) is 0 Å². The Morgan fingerprint density at radius 3 is 2.88 bits per heavy atom. The molecule has 5 heteroatoms. The Kier molecular flexibility index (Phi) is 5.58. The maximum absolute atomic E-state index is 12.0. The molecule has 1 aliphatic heterocycles. The van der Waals surface area contributed by atoms with E-state index in [0.717, 1.165) is 0 Å². The number of hydrogen-bond acceptors (Lipinski definition) is 5. The second-order valence-electron chi connectivity index (χ2n) is 4.21. The van der Waals surface area contributed by atoms with Crippen molar-refractivity contribution in [2.24, 2.45) is 5.41 Å². The lowest BCUT2D eigenvalue weighted by Gasteiger charge is -2.33. The van der Waals surface area contributed by atoms with Crippen LogP contribution in [0.25, 0.3) is 0 Å². The molecule has 0 aliphatic carbocycles. The van der Waals surface area contributed by atoms with Crippen LogP contribution in [0.1, 0.15) is 32.6 Å². The minimum atomic E-state index is -1.14. The number of ketones is 1. The summed E-state index contributed by atoms with van der Waals surface area (Å²) in [7, 11) is 0. The van der Waals surface area contributed by atoms with E-state index < -0.39 is 11.4 Å². The number of rotatable bonds is 6. The standard InChI is InChI=1S/C12H20O5/c1-2-17-11(15)12(6-3-4-7-13)9-16-8-5-10(12)14/h13H,2-9H2,1H3. The Hall–Kier alpha value is -0.940. The van der Waals surface area contributed by atoms with E-state index in [4.69, 9.17) is 14.6 Å². The van der Waals surface area contributed by atoms with Crippen LogP contribution in [0.5, 0.6) is 0 Å². The van der Waals surface area contributed by atoms with E-state index in [2.05, 4.69) is 0 Å². The van der Waals surface area contributed by atoms with Crippen molar-refractivity contribution in [3.05, 3.63) is 0 Å². The third-order valence-corrected chi connectivity index (χ3v) is 3.03. The van der Waals surface area contributed by atoms with E-state index in [-0.39, 0.29) is 32.0 Å². The normalized spacial score (nSPS) is 24.7. The van der Waals surface area contributed by atoms with Crippen molar-refractivity contribution in [2.75, 3.05) is 26.4 Å². The minimum absolute atomic E-state index is 0.0634. The van der Waals surface area contributed by atoms with Gasteiger partial charge in [0.05, 0.1) is 19.8 Å². The lowest BCUT2D eigenvalue weighted by Crippen LogP contribution is -2.48. The van der Waals surface area contributed by atoms with Gasteiger partial charge in [0.2, 0.25) is 0 Å². The van der Waals surface area contributed by atoms with Gasteiger partial charge in [-0.05, 0) is 26.2 Å². The van der Waals surface area contributed by atoms with Gasteiger partial charge in [-0.2, -0.15) is 0 Å². The number of aliphatic hydroxyl groups is 1. The molecule has 0 bridgehead atoms. The fraction of sp³-hybridized carbons (Fsp3) is 0.833. The van der Waals surface area contributed by atoms with Crippen LogP contribution in [0.4, 0.5) is 0 Å². The largest absolute Gasteiger partial charge is 0.465 e. The van der Waals surface area contributed by atoms with E-state index in [1.165, 1.54) is 0 Å². The van der Waals surface area contributed by atoms with Crippen molar-refractivity contribution < 1.29 is 24.2 Å². The Morgan fingerprint density at radius 2 is 2.29 bits per heavy atom. The van der Waals surface area contributed by atoms with Crippen molar-refractivity contribution in [3.63, 3.8) is 0 Å². The zero-order valence-electron chi connectivity index (χ0n) is 10.2. The van der Waals surface area contributed by atoms with E-state index in [9.17, 15) is 9.59 Å². The predicted molar refractivity (Wildman–Crippen MR) is 60.4 cm³/mol. The first-order chi connectivity index (χ1) is 8.17. The molecule has 98 valence electrons. The highest BCUT2D eigenvalue weighted by Gasteiger charge is 2.48. The number of aliphatic hydroxyl groups excluding tert-OH is 1. The maximum Gasteiger partial charge on any atom is 0.322 e. The molecule has 1 unspecified atom stereocenters. The lowest BCUT2D eigenvalue weighted by atomic mass is 9.77. The molecule has 1 fully saturated rings. The Labute approximate surface area is 101 Å². The zero-order valence-corrected chi connectivity index (χ0v) is 10.2. The molecular formula is C12H20O5. The van der Waals surface area contributed by atoms with Crippen LogP contribution >= 0.6 is 0 Å². The van der Waals surface area contributed by atoms with Crippen LogP contribution in [0, 0.1) is 5.41 Å². The highest BCUT2D eigenvalue weighted by molar-refractivity contribution is 6.04. The van der Waals surface area contributed by atoms with Gasteiger partial charge in [0, 0.05) is 13.0 Å². The molecule has 1 N–H and O–H groups in total. The fourth-order valence-electron chi connectivity index (χ4n) is 2.03. The van der Waals surface area contributed by atoms with Gasteiger partial charge in [-0.3, -0.25) is 9.59 Å². The summed E-state index contributed by atoms with van der Waals surface area (Å²) < 4.78 is 10.3. The third kappa shape index (κ3) is 3.26. The molecule has 0 aromatic carbocycles. The smallest absolute Gasteiger partial charge is 0.322 e. The molecule has 0 spiro atoms. The number of ether oxygens (including phenoxy) is 2. The molecule has 1 heterocycles. The summed E-state index contributed by atoms with van der Waals surface area (Å²) >= 11 is 0. The van der Waals surface area contributed by atoms with Gasteiger partial charge in [-0.25, -0.2) is 0 Å². The monoisotopic (exact) mass is 244 g/mol. The van der Waals surface area contributed by atoms with E-state index >= 15 is 0 Å². The molecule has 1 rings (SSSR count). The van der Waals surface area contributed by atoms with Crippen LogP contribution in [-0.2, 0) is 19.1 Å². The highest BCUT2D eigenvalue weighted by Crippen LogP contribution is 2.32. The van der Waals surface area contributed by atoms with Gasteiger partial charge >= 0.3 is 5.97 Å². The van der Waals surface area contributed by atoms with Crippen molar-refractivity contribution in [3.8, 4) is 0 Å². The lowest BCUT2D eigenvalue weighted by molar-refractivity contribution is -0.170. The number of Topliss-reactive ketones (excluding diaryl/α,β-unsaturated/α-hetero) is 1. The molecule has 0 amide bonds. The zero-order chi connectivity index (χ0) is 12.7. The van der Waals surface area contributed by atoms with Gasteiger partial charge in [0.1, 0.15) is 5.41 Å². The molecular weight excluding hydrogens is 224 g/mol. The maximum atomic E-state index is 12.0. The molecule has 0 saturated carbocycles. The first-order valence-electron chi connectivity index (χ1n) is 6.06. The Balaban J connectivity index is 2.74. The average Bonchev–Trinajstić information content (AvgIpc) is 2.32. The highest BCUT2D eigenvalue weighted by atomic mass is 16.5. The van der Waals surface area contributed by atoms with Gasteiger partial charge in [0.25, 0.3) is 0 Å². The van der Waals surface area contributed by atoms with Crippen LogP contribution in [-0.4, -0.2) is 43.3 Å². The first kappa shape index (κ1) is 14.1. The molecule has 0 radical (unpaired) electrons. The Morgan fingerprint density at radius 1 is 1.53 bits per heavy atom. The van der Waals surface area contributed by atoms with Gasteiger partial charge in [0.15, 0.2) is 5.78 Å². The second kappa shape index (κ2) is 6.71. The van der Waals surface area contributed by atoms with Crippen LogP contribution in [0.2, 0.25) is 0 Å². The van der Waals surface area contributed by atoms with E-state index in [0.29, 0.717) is 25.9 Å². The summed E-state index contributed by atoms with van der Waals surface area (Å²) in [6.45, 7) is 2.52. The van der Waals surface area contributed by atoms with E-state index in [1.54, 1.807) is 6.92 Å². The summed E-state index contributed by atoms with van der Waals surface area (Å²) in [5, 5.41) is 8.76. The molecule has 17 heavy (non-hydrogen) atoms. The summed E-state index contributed by atoms with van der Waals surface area (Å²) in [6.07, 6.45) is 1.85. The van der Waals surface area contributed by atoms with Crippen LogP contribution in [0.15, 0.2) is 0 Å². The third-order valence-electron chi connectivity index (χ3n) is 3.03. The number of hydrogen-bond donors (Lipinski definition) is 1. The summed E-state index contributed by atoms with van der Waals surface area (Å²) in [6, 6.07) is 0. The summed E-state index contributed by atoms with van der Waals surface area (Å²) in [5.74, 6) is -0.581. The van der Waals surface area contributed by atoms with Crippen molar-refractivity contribution in [2.45, 2.75) is 32.6 Å². The molecule has 0 aromatic heterocycles. The topological polar surface area (TPSA) is 72.8 Å². The predicted octanol–water partition coefficient (Wildman–Crippen LogP) is 0.688. The quantitative estimate of drug-likeness (QED) is 0.423. The SMILES string of the molecule is CCOC(=O)C1(CCCCO)COCCC1=O. The number of unbranched alkanes of at least 4 members (excludes halogenated alkanes) is 1.